The standard InChI is InChI=1S/C13H19N3O2/c1-9-2-3-10(4-9)8-15-12-5-11(14)6-13(7-12)16(17)18/h5-7,9-10,15H,2-4,8,14H2,1H3. The number of nitro benzene ring substituents is 1. The van der Waals surface area contributed by atoms with Crippen molar-refractivity contribution in [2.45, 2.75) is 26.2 Å². The molecule has 98 valence electrons. The second-order valence-corrected chi connectivity index (χ2v) is 5.24. The highest BCUT2D eigenvalue weighted by Gasteiger charge is 2.21. The molecule has 5 nitrogen and oxygen atoms in total. The lowest BCUT2D eigenvalue weighted by molar-refractivity contribution is -0.384. The molecule has 0 aromatic heterocycles. The smallest absolute Gasteiger partial charge is 0.273 e. The molecule has 1 fully saturated rings. The maximum Gasteiger partial charge on any atom is 0.273 e. The van der Waals surface area contributed by atoms with Gasteiger partial charge in [0.25, 0.3) is 5.69 Å². The van der Waals surface area contributed by atoms with Crippen LogP contribution in [0, 0.1) is 22.0 Å². The van der Waals surface area contributed by atoms with Gasteiger partial charge in [0.05, 0.1) is 4.92 Å². The van der Waals surface area contributed by atoms with Gasteiger partial charge in [0.2, 0.25) is 0 Å². The molecular formula is C13H19N3O2. The van der Waals surface area contributed by atoms with Gasteiger partial charge in [0, 0.05) is 30.1 Å². The van der Waals surface area contributed by atoms with E-state index in [2.05, 4.69) is 12.2 Å². The Balaban J connectivity index is 1.98. The number of nitrogen functional groups attached to an aromatic ring is 1. The average molecular weight is 249 g/mol. The fourth-order valence-corrected chi connectivity index (χ4v) is 2.61. The molecule has 5 heteroatoms. The second-order valence-electron chi connectivity index (χ2n) is 5.24. The number of nitrogens with one attached hydrogen (secondary N) is 1. The van der Waals surface area contributed by atoms with E-state index < -0.39 is 4.92 Å². The minimum absolute atomic E-state index is 0.0392. The molecule has 1 aliphatic rings. The molecule has 0 saturated heterocycles. The summed E-state index contributed by atoms with van der Waals surface area (Å²) in [7, 11) is 0. The summed E-state index contributed by atoms with van der Waals surface area (Å²) in [4.78, 5) is 10.3. The molecular weight excluding hydrogens is 230 g/mol. The predicted octanol–water partition coefficient (Wildman–Crippen LogP) is 3.03. The van der Waals surface area contributed by atoms with Crippen LogP contribution in [-0.4, -0.2) is 11.5 Å². The van der Waals surface area contributed by atoms with Gasteiger partial charge in [-0.3, -0.25) is 10.1 Å². The summed E-state index contributed by atoms with van der Waals surface area (Å²) in [6.07, 6.45) is 3.75. The summed E-state index contributed by atoms with van der Waals surface area (Å²) in [6.45, 7) is 3.14. The van der Waals surface area contributed by atoms with Crippen molar-refractivity contribution in [3.05, 3.63) is 28.3 Å². The molecule has 0 heterocycles. The van der Waals surface area contributed by atoms with Gasteiger partial charge in [-0.1, -0.05) is 13.3 Å². The van der Waals surface area contributed by atoms with E-state index >= 15 is 0 Å². The Kier molecular flexibility index (Phi) is 3.69. The van der Waals surface area contributed by atoms with Crippen LogP contribution in [0.3, 0.4) is 0 Å². The first-order chi connectivity index (χ1) is 8.54. The summed E-state index contributed by atoms with van der Waals surface area (Å²) in [5, 5.41) is 14.0. The van der Waals surface area contributed by atoms with Crippen LogP contribution in [0.15, 0.2) is 18.2 Å². The minimum atomic E-state index is -0.417. The van der Waals surface area contributed by atoms with Crippen molar-refractivity contribution in [1.29, 1.82) is 0 Å². The van der Waals surface area contributed by atoms with E-state index in [0.29, 0.717) is 11.6 Å². The van der Waals surface area contributed by atoms with E-state index in [1.165, 1.54) is 31.4 Å². The van der Waals surface area contributed by atoms with E-state index in [-0.39, 0.29) is 5.69 Å². The zero-order chi connectivity index (χ0) is 13.1. The summed E-state index contributed by atoms with van der Waals surface area (Å²) in [5.74, 6) is 1.47. The third kappa shape index (κ3) is 3.12. The molecule has 1 saturated carbocycles. The molecule has 1 aliphatic carbocycles. The van der Waals surface area contributed by atoms with Gasteiger partial charge in [-0.05, 0) is 30.7 Å². The van der Waals surface area contributed by atoms with E-state index in [1.54, 1.807) is 6.07 Å². The van der Waals surface area contributed by atoms with Crippen LogP contribution in [0.5, 0.6) is 0 Å². The number of rotatable bonds is 4. The first-order valence-corrected chi connectivity index (χ1v) is 6.33. The van der Waals surface area contributed by atoms with Gasteiger partial charge in [0.15, 0.2) is 0 Å². The molecule has 2 unspecified atom stereocenters. The molecule has 0 spiro atoms. The fraction of sp³-hybridized carbons (Fsp3) is 0.538. The number of non-ortho nitro benzene ring substituents is 1. The van der Waals surface area contributed by atoms with Crippen molar-refractivity contribution in [3.63, 3.8) is 0 Å². The zero-order valence-electron chi connectivity index (χ0n) is 10.6. The summed E-state index contributed by atoms with van der Waals surface area (Å²) in [5.41, 5.74) is 6.86. The van der Waals surface area contributed by atoms with Crippen molar-refractivity contribution in [3.8, 4) is 0 Å². The number of hydrogen-bond acceptors (Lipinski definition) is 4. The number of nitrogens with zero attached hydrogens (tertiary/aromatic N) is 1. The van der Waals surface area contributed by atoms with Crippen LogP contribution in [0.4, 0.5) is 17.1 Å². The molecule has 0 aliphatic heterocycles. The molecule has 0 bridgehead atoms. The lowest BCUT2D eigenvalue weighted by atomic mass is 10.1. The van der Waals surface area contributed by atoms with Crippen molar-refractivity contribution < 1.29 is 4.92 Å². The number of benzene rings is 1. The minimum Gasteiger partial charge on any atom is -0.398 e. The normalized spacial score (nSPS) is 22.9. The van der Waals surface area contributed by atoms with Crippen LogP contribution in [0.2, 0.25) is 0 Å². The van der Waals surface area contributed by atoms with Gasteiger partial charge in [-0.25, -0.2) is 0 Å². The van der Waals surface area contributed by atoms with Crippen molar-refractivity contribution >= 4 is 17.1 Å². The molecule has 1 aromatic rings. The Bertz CT molecular complexity index is 448. The van der Waals surface area contributed by atoms with E-state index in [9.17, 15) is 10.1 Å². The highest BCUT2D eigenvalue weighted by molar-refractivity contribution is 5.61. The number of hydrogen-bond donors (Lipinski definition) is 2. The molecule has 1 aromatic carbocycles. The summed E-state index contributed by atoms with van der Waals surface area (Å²) >= 11 is 0. The molecule has 0 radical (unpaired) electrons. The van der Waals surface area contributed by atoms with Crippen LogP contribution < -0.4 is 11.1 Å². The zero-order valence-corrected chi connectivity index (χ0v) is 10.6. The lowest BCUT2D eigenvalue weighted by Crippen LogP contribution is -2.11. The monoisotopic (exact) mass is 249 g/mol. The van der Waals surface area contributed by atoms with E-state index in [1.807, 2.05) is 0 Å². The number of nitro groups is 1. The van der Waals surface area contributed by atoms with Gasteiger partial charge < -0.3 is 11.1 Å². The van der Waals surface area contributed by atoms with E-state index in [0.717, 1.165) is 18.2 Å². The predicted molar refractivity (Wildman–Crippen MR) is 72.5 cm³/mol. The lowest BCUT2D eigenvalue weighted by Gasteiger charge is -2.12. The molecule has 0 amide bonds. The van der Waals surface area contributed by atoms with Crippen molar-refractivity contribution in [1.82, 2.24) is 0 Å². The Morgan fingerprint density at radius 1 is 1.44 bits per heavy atom. The fourth-order valence-electron chi connectivity index (χ4n) is 2.61. The Labute approximate surface area is 107 Å². The van der Waals surface area contributed by atoms with E-state index in [4.69, 9.17) is 5.73 Å². The van der Waals surface area contributed by atoms with Gasteiger partial charge in [-0.2, -0.15) is 0 Å². The first kappa shape index (κ1) is 12.7. The molecule has 2 atom stereocenters. The second kappa shape index (κ2) is 5.25. The highest BCUT2D eigenvalue weighted by atomic mass is 16.6. The first-order valence-electron chi connectivity index (χ1n) is 6.33. The third-order valence-electron chi connectivity index (χ3n) is 3.55. The summed E-state index contributed by atoms with van der Waals surface area (Å²) < 4.78 is 0. The number of nitrogens with two attached hydrogens (primary N) is 1. The summed E-state index contributed by atoms with van der Waals surface area (Å²) in [6, 6.07) is 4.66. The topological polar surface area (TPSA) is 81.2 Å². The molecule has 18 heavy (non-hydrogen) atoms. The Hall–Kier alpha value is -1.78. The number of anilines is 2. The Morgan fingerprint density at radius 2 is 2.22 bits per heavy atom. The van der Waals surface area contributed by atoms with Gasteiger partial charge in [-0.15, -0.1) is 0 Å². The van der Waals surface area contributed by atoms with Crippen molar-refractivity contribution in [2.24, 2.45) is 11.8 Å². The maximum atomic E-state index is 10.7. The quantitative estimate of drug-likeness (QED) is 0.488. The largest absolute Gasteiger partial charge is 0.398 e. The van der Waals surface area contributed by atoms with Gasteiger partial charge in [0.1, 0.15) is 0 Å². The highest BCUT2D eigenvalue weighted by Crippen LogP contribution is 2.31. The van der Waals surface area contributed by atoms with Crippen LogP contribution in [0.25, 0.3) is 0 Å². The average Bonchev–Trinajstić information content (AvgIpc) is 2.72. The van der Waals surface area contributed by atoms with Crippen LogP contribution >= 0.6 is 0 Å². The van der Waals surface area contributed by atoms with Crippen LogP contribution in [-0.2, 0) is 0 Å². The van der Waals surface area contributed by atoms with Crippen molar-refractivity contribution in [2.75, 3.05) is 17.6 Å². The third-order valence-corrected chi connectivity index (χ3v) is 3.55. The van der Waals surface area contributed by atoms with Gasteiger partial charge >= 0.3 is 0 Å². The molecule has 2 rings (SSSR count). The Morgan fingerprint density at radius 3 is 2.83 bits per heavy atom. The maximum absolute atomic E-state index is 10.7. The van der Waals surface area contributed by atoms with Crippen LogP contribution in [0.1, 0.15) is 26.2 Å². The molecule has 3 N–H and O–H groups in total. The SMILES string of the molecule is CC1CCC(CNc2cc(N)cc([N+](=O)[O-])c2)C1.